The summed E-state index contributed by atoms with van der Waals surface area (Å²) in [5.41, 5.74) is 0.0405. The van der Waals surface area contributed by atoms with E-state index in [0.717, 1.165) is 0 Å². The minimum atomic E-state index is -1.16. The average molecular weight is 319 g/mol. The maximum absolute atomic E-state index is 11.8. The molecule has 0 aliphatic heterocycles. The molecule has 0 aliphatic rings. The summed E-state index contributed by atoms with van der Waals surface area (Å²) in [6.45, 7) is 1.33. The zero-order chi connectivity index (χ0) is 15.3. The van der Waals surface area contributed by atoms with Gasteiger partial charge in [-0.2, -0.15) is 0 Å². The van der Waals surface area contributed by atoms with Crippen LogP contribution in [0.3, 0.4) is 0 Å². The van der Waals surface area contributed by atoms with Crippen molar-refractivity contribution in [2.75, 3.05) is 7.05 Å². The number of nitrogens with one attached hydrogen (secondary N) is 2. The minimum absolute atomic E-state index is 0.0399. The lowest BCUT2D eigenvalue weighted by molar-refractivity contribution is -0.127. The number of carbonyl (C=O) groups is 3. The van der Waals surface area contributed by atoms with E-state index < -0.39 is 24.0 Å². The van der Waals surface area contributed by atoms with Crippen LogP contribution in [-0.2, 0) is 9.53 Å². The van der Waals surface area contributed by atoms with Crippen LogP contribution < -0.4 is 10.6 Å². The summed E-state index contributed by atoms with van der Waals surface area (Å²) < 4.78 is 4.91. The van der Waals surface area contributed by atoms with Gasteiger partial charge in [-0.25, -0.2) is 9.59 Å². The third-order valence-electron chi connectivity index (χ3n) is 2.29. The van der Waals surface area contributed by atoms with Crippen molar-refractivity contribution in [3.63, 3.8) is 0 Å². The van der Waals surface area contributed by atoms with Crippen LogP contribution >= 0.6 is 23.2 Å². The first-order valence-electron chi connectivity index (χ1n) is 5.54. The highest BCUT2D eigenvalue weighted by Crippen LogP contribution is 2.26. The molecule has 0 spiro atoms. The first kappa shape index (κ1) is 16.3. The molecule has 0 heterocycles. The molecule has 3 amide bonds. The third kappa shape index (κ3) is 4.11. The van der Waals surface area contributed by atoms with Gasteiger partial charge in [-0.3, -0.25) is 10.1 Å². The van der Waals surface area contributed by atoms with Crippen LogP contribution in [0.1, 0.15) is 17.3 Å². The van der Waals surface area contributed by atoms with E-state index in [9.17, 15) is 14.4 Å². The number of urea groups is 1. The fourth-order valence-electron chi connectivity index (χ4n) is 1.22. The third-order valence-corrected chi connectivity index (χ3v) is 3.11. The van der Waals surface area contributed by atoms with Gasteiger partial charge in [0, 0.05) is 7.05 Å². The normalized spacial score (nSPS) is 11.4. The van der Waals surface area contributed by atoms with Crippen LogP contribution in [-0.4, -0.2) is 31.1 Å². The van der Waals surface area contributed by atoms with Crippen LogP contribution in [0.25, 0.3) is 0 Å². The molecule has 20 heavy (non-hydrogen) atoms. The van der Waals surface area contributed by atoms with Gasteiger partial charge in [0.25, 0.3) is 5.91 Å². The molecule has 0 unspecified atom stereocenters. The Morgan fingerprint density at radius 2 is 1.90 bits per heavy atom. The van der Waals surface area contributed by atoms with Gasteiger partial charge < -0.3 is 10.1 Å². The lowest BCUT2D eigenvalue weighted by atomic mass is 10.2. The Bertz CT molecular complexity index is 548. The molecule has 1 aromatic rings. The zero-order valence-corrected chi connectivity index (χ0v) is 12.2. The van der Waals surface area contributed by atoms with Crippen molar-refractivity contribution in [3.8, 4) is 0 Å². The Morgan fingerprint density at radius 1 is 1.25 bits per heavy atom. The molecule has 1 aromatic carbocycles. The average Bonchev–Trinajstić information content (AvgIpc) is 2.41. The number of ether oxygens (including phenoxy) is 1. The van der Waals surface area contributed by atoms with E-state index in [2.05, 4.69) is 5.32 Å². The number of amides is 3. The number of imide groups is 1. The molecule has 0 radical (unpaired) electrons. The van der Waals surface area contributed by atoms with Crippen LogP contribution in [0.4, 0.5) is 4.79 Å². The van der Waals surface area contributed by atoms with Crippen molar-refractivity contribution in [3.05, 3.63) is 33.8 Å². The maximum Gasteiger partial charge on any atom is 0.340 e. The van der Waals surface area contributed by atoms with E-state index in [-0.39, 0.29) is 15.6 Å². The highest BCUT2D eigenvalue weighted by molar-refractivity contribution is 6.43. The number of halogens is 2. The molecule has 8 heteroatoms. The molecular formula is C12H12Cl2N2O4. The largest absolute Gasteiger partial charge is 0.449 e. The van der Waals surface area contributed by atoms with Crippen molar-refractivity contribution in [2.45, 2.75) is 13.0 Å². The Kier molecular flexibility index (Phi) is 5.79. The van der Waals surface area contributed by atoms with Crippen molar-refractivity contribution < 1.29 is 19.1 Å². The summed E-state index contributed by atoms with van der Waals surface area (Å²) in [6, 6.07) is 3.77. The molecule has 6 nitrogen and oxygen atoms in total. The Balaban J connectivity index is 2.73. The van der Waals surface area contributed by atoms with Crippen LogP contribution in [0, 0.1) is 0 Å². The minimum Gasteiger partial charge on any atom is -0.449 e. The van der Waals surface area contributed by atoms with Crippen molar-refractivity contribution in [1.29, 1.82) is 0 Å². The van der Waals surface area contributed by atoms with Gasteiger partial charge in [-0.05, 0) is 19.1 Å². The van der Waals surface area contributed by atoms with Crippen molar-refractivity contribution in [2.24, 2.45) is 0 Å². The molecule has 1 atom stereocenters. The zero-order valence-electron chi connectivity index (χ0n) is 10.7. The second-order valence-corrected chi connectivity index (χ2v) is 4.50. The molecule has 1 rings (SSSR count). The number of hydrogen-bond donors (Lipinski definition) is 2. The molecular weight excluding hydrogens is 307 g/mol. The number of hydrogen-bond acceptors (Lipinski definition) is 4. The van der Waals surface area contributed by atoms with Gasteiger partial charge in [0.15, 0.2) is 6.10 Å². The fourth-order valence-corrected chi connectivity index (χ4v) is 1.59. The molecule has 108 valence electrons. The van der Waals surface area contributed by atoms with Crippen LogP contribution in [0.15, 0.2) is 18.2 Å². The van der Waals surface area contributed by atoms with Gasteiger partial charge in [0.05, 0.1) is 15.6 Å². The maximum atomic E-state index is 11.8. The SMILES string of the molecule is CNC(=O)NC(=O)[C@H](C)OC(=O)c1cccc(Cl)c1Cl. The highest BCUT2D eigenvalue weighted by Gasteiger charge is 2.22. The number of carbonyl (C=O) groups excluding carboxylic acids is 3. The lowest BCUT2D eigenvalue weighted by Crippen LogP contribution is -2.43. The lowest BCUT2D eigenvalue weighted by Gasteiger charge is -2.13. The van der Waals surface area contributed by atoms with Gasteiger partial charge in [-0.1, -0.05) is 29.3 Å². The van der Waals surface area contributed by atoms with Gasteiger partial charge >= 0.3 is 12.0 Å². The number of benzene rings is 1. The van der Waals surface area contributed by atoms with Gasteiger partial charge in [0.1, 0.15) is 0 Å². The van der Waals surface area contributed by atoms with E-state index in [4.69, 9.17) is 27.9 Å². The topological polar surface area (TPSA) is 84.5 Å². The Labute approximate surface area is 125 Å². The van der Waals surface area contributed by atoms with Gasteiger partial charge in [0.2, 0.25) is 0 Å². The predicted molar refractivity (Wildman–Crippen MR) is 73.9 cm³/mol. The van der Waals surface area contributed by atoms with E-state index >= 15 is 0 Å². The summed E-state index contributed by atoms with van der Waals surface area (Å²) in [7, 11) is 1.35. The Hall–Kier alpha value is -1.79. The summed E-state index contributed by atoms with van der Waals surface area (Å²) in [6.07, 6.45) is -1.16. The predicted octanol–water partition coefficient (Wildman–Crippen LogP) is 1.99. The standard InChI is InChI=1S/C12H12Cl2N2O4/c1-6(10(17)16-12(19)15-2)20-11(18)7-4-3-5-8(13)9(7)14/h3-6H,1-2H3,(H2,15,16,17,19)/t6-/m0/s1. The first-order chi connectivity index (χ1) is 9.36. The van der Waals surface area contributed by atoms with Crippen molar-refractivity contribution in [1.82, 2.24) is 10.6 Å². The quantitative estimate of drug-likeness (QED) is 0.835. The second-order valence-electron chi connectivity index (χ2n) is 3.72. The second kappa shape index (κ2) is 7.12. The van der Waals surface area contributed by atoms with E-state index in [1.165, 1.54) is 32.2 Å². The summed E-state index contributed by atoms with van der Waals surface area (Å²) in [5, 5.41) is 4.43. The Morgan fingerprint density at radius 3 is 2.50 bits per heavy atom. The number of rotatable bonds is 3. The van der Waals surface area contributed by atoms with Gasteiger partial charge in [-0.15, -0.1) is 0 Å². The highest BCUT2D eigenvalue weighted by atomic mass is 35.5. The molecule has 0 aromatic heterocycles. The van der Waals surface area contributed by atoms with Crippen molar-refractivity contribution >= 4 is 41.1 Å². The monoisotopic (exact) mass is 318 g/mol. The van der Waals surface area contributed by atoms with E-state index in [1.807, 2.05) is 5.32 Å². The number of esters is 1. The molecule has 0 saturated carbocycles. The molecule has 0 saturated heterocycles. The first-order valence-corrected chi connectivity index (χ1v) is 6.30. The van der Waals surface area contributed by atoms with Crippen LogP contribution in [0.5, 0.6) is 0 Å². The molecule has 0 fully saturated rings. The fraction of sp³-hybridized carbons (Fsp3) is 0.250. The molecule has 2 N–H and O–H groups in total. The summed E-state index contributed by atoms with van der Waals surface area (Å²) in [4.78, 5) is 34.3. The summed E-state index contributed by atoms with van der Waals surface area (Å²) in [5.74, 6) is -1.56. The smallest absolute Gasteiger partial charge is 0.340 e. The van der Waals surface area contributed by atoms with Crippen LogP contribution in [0.2, 0.25) is 10.0 Å². The molecule has 0 aliphatic carbocycles. The van der Waals surface area contributed by atoms with E-state index in [0.29, 0.717) is 0 Å². The summed E-state index contributed by atoms with van der Waals surface area (Å²) >= 11 is 11.6. The molecule has 0 bridgehead atoms. The van der Waals surface area contributed by atoms with E-state index in [1.54, 1.807) is 0 Å².